The Labute approximate surface area is 210 Å². The molecule has 0 atom stereocenters. The predicted octanol–water partition coefficient (Wildman–Crippen LogP) is 5.46. The van der Waals surface area contributed by atoms with E-state index in [4.69, 9.17) is 4.42 Å². The summed E-state index contributed by atoms with van der Waals surface area (Å²) in [6.45, 7) is 4.90. The number of ketones is 1. The van der Waals surface area contributed by atoms with Gasteiger partial charge in [-0.25, -0.2) is 4.98 Å². The Bertz CT molecular complexity index is 1360. The van der Waals surface area contributed by atoms with E-state index >= 15 is 0 Å². The number of benzene rings is 2. The summed E-state index contributed by atoms with van der Waals surface area (Å²) in [5, 5.41) is 2.73. The molecule has 0 aliphatic carbocycles. The number of rotatable bonds is 7. The second-order valence-corrected chi connectivity index (χ2v) is 9.34. The molecule has 0 bridgehead atoms. The number of carbonyl (C=O) groups excluding carboxylic acids is 2. The van der Waals surface area contributed by atoms with E-state index in [-0.39, 0.29) is 0 Å². The van der Waals surface area contributed by atoms with E-state index in [1.165, 1.54) is 19.3 Å². The lowest BCUT2D eigenvalue weighted by Crippen LogP contribution is -2.28. The highest BCUT2D eigenvalue weighted by atomic mass is 16.4. The second kappa shape index (κ2) is 10.3. The van der Waals surface area contributed by atoms with Crippen molar-refractivity contribution < 1.29 is 14.0 Å². The standard InChI is InChI=1S/C29H30N4O3/c1-20-18-32(2)26(25(20)21-9-5-3-6-10-21)27(34)28(35)31-23-13-11-22(12-14-23)29-30-17-24(36-29)19-33-15-7-4-8-16-33/h3,5-6,9-14,17-18H,4,7-8,15-16,19H2,1-2H3,(H,31,35). The Morgan fingerprint density at radius 2 is 1.69 bits per heavy atom. The number of amides is 1. The molecule has 1 aliphatic heterocycles. The molecule has 7 nitrogen and oxygen atoms in total. The van der Waals surface area contributed by atoms with Crippen molar-refractivity contribution in [1.82, 2.24) is 14.5 Å². The van der Waals surface area contributed by atoms with Gasteiger partial charge in [-0.05, 0) is 68.2 Å². The van der Waals surface area contributed by atoms with Crippen molar-refractivity contribution in [1.29, 1.82) is 0 Å². The Balaban J connectivity index is 1.27. The third kappa shape index (κ3) is 5.02. The number of aryl methyl sites for hydroxylation is 2. The molecule has 7 heteroatoms. The maximum Gasteiger partial charge on any atom is 0.298 e. The number of anilines is 1. The number of nitrogens with one attached hydrogen (secondary N) is 1. The molecule has 0 unspecified atom stereocenters. The lowest BCUT2D eigenvalue weighted by Gasteiger charge is -2.24. The smallest absolute Gasteiger partial charge is 0.298 e. The van der Waals surface area contributed by atoms with Crippen LogP contribution >= 0.6 is 0 Å². The van der Waals surface area contributed by atoms with E-state index in [0.717, 1.165) is 47.6 Å². The lowest BCUT2D eigenvalue weighted by atomic mass is 10.00. The van der Waals surface area contributed by atoms with Crippen LogP contribution in [0.5, 0.6) is 0 Å². The number of piperidine rings is 1. The van der Waals surface area contributed by atoms with Crippen LogP contribution in [0.2, 0.25) is 0 Å². The second-order valence-electron chi connectivity index (χ2n) is 9.34. The van der Waals surface area contributed by atoms with Crippen LogP contribution in [0.25, 0.3) is 22.6 Å². The number of oxazole rings is 1. The van der Waals surface area contributed by atoms with Crippen LogP contribution in [0.15, 0.2) is 71.4 Å². The van der Waals surface area contributed by atoms with Gasteiger partial charge in [0.25, 0.3) is 11.7 Å². The summed E-state index contributed by atoms with van der Waals surface area (Å²) in [6, 6.07) is 16.8. The first kappa shape index (κ1) is 23.8. The van der Waals surface area contributed by atoms with Gasteiger partial charge in [-0.1, -0.05) is 36.8 Å². The van der Waals surface area contributed by atoms with Gasteiger partial charge in [-0.15, -0.1) is 0 Å². The zero-order valence-electron chi connectivity index (χ0n) is 20.7. The fourth-order valence-corrected chi connectivity index (χ4v) is 4.87. The molecular formula is C29H30N4O3. The van der Waals surface area contributed by atoms with Crippen LogP contribution in [0.3, 0.4) is 0 Å². The Morgan fingerprint density at radius 1 is 0.972 bits per heavy atom. The third-order valence-corrected chi connectivity index (χ3v) is 6.63. The number of hydrogen-bond acceptors (Lipinski definition) is 5. The molecule has 4 aromatic rings. The van der Waals surface area contributed by atoms with Crippen molar-refractivity contribution in [2.75, 3.05) is 18.4 Å². The Morgan fingerprint density at radius 3 is 2.42 bits per heavy atom. The lowest BCUT2D eigenvalue weighted by molar-refractivity contribution is -0.112. The third-order valence-electron chi connectivity index (χ3n) is 6.63. The molecule has 2 aromatic heterocycles. The number of Topliss-reactive ketones (excluding diaryl/α,β-unsaturated/α-hetero) is 1. The van der Waals surface area contributed by atoms with Crippen LogP contribution in [0.1, 0.15) is 41.1 Å². The van der Waals surface area contributed by atoms with E-state index in [1.807, 2.05) is 55.6 Å². The zero-order valence-corrected chi connectivity index (χ0v) is 20.7. The summed E-state index contributed by atoms with van der Waals surface area (Å²) < 4.78 is 7.68. The van der Waals surface area contributed by atoms with Gasteiger partial charge in [0.1, 0.15) is 11.5 Å². The van der Waals surface area contributed by atoms with Crippen molar-refractivity contribution in [3.05, 3.63) is 84.0 Å². The molecule has 36 heavy (non-hydrogen) atoms. The highest BCUT2D eigenvalue weighted by Crippen LogP contribution is 2.29. The van der Waals surface area contributed by atoms with E-state index in [0.29, 0.717) is 17.3 Å². The highest BCUT2D eigenvalue weighted by Gasteiger charge is 2.25. The first-order valence-corrected chi connectivity index (χ1v) is 12.3. The monoisotopic (exact) mass is 482 g/mol. The van der Waals surface area contributed by atoms with Gasteiger partial charge in [0.05, 0.1) is 12.7 Å². The largest absolute Gasteiger partial charge is 0.440 e. The van der Waals surface area contributed by atoms with E-state index in [2.05, 4.69) is 15.2 Å². The average molecular weight is 483 g/mol. The molecule has 2 aromatic carbocycles. The molecule has 1 aliphatic rings. The average Bonchev–Trinajstić information content (AvgIpc) is 3.48. The summed E-state index contributed by atoms with van der Waals surface area (Å²) in [5.41, 5.74) is 4.33. The fourth-order valence-electron chi connectivity index (χ4n) is 4.87. The van der Waals surface area contributed by atoms with Crippen LogP contribution < -0.4 is 5.32 Å². The predicted molar refractivity (Wildman–Crippen MR) is 140 cm³/mol. The van der Waals surface area contributed by atoms with Gasteiger partial charge < -0.3 is 14.3 Å². The molecule has 3 heterocycles. The molecule has 1 amide bonds. The topological polar surface area (TPSA) is 80.4 Å². The van der Waals surface area contributed by atoms with Gasteiger partial charge in [0.15, 0.2) is 0 Å². The highest BCUT2D eigenvalue weighted by molar-refractivity contribution is 6.47. The van der Waals surface area contributed by atoms with Crippen LogP contribution in [0.4, 0.5) is 5.69 Å². The van der Waals surface area contributed by atoms with Gasteiger partial charge in [0, 0.05) is 30.1 Å². The first-order valence-electron chi connectivity index (χ1n) is 12.3. The van der Waals surface area contributed by atoms with Crippen molar-refractivity contribution in [2.24, 2.45) is 7.05 Å². The molecule has 1 saturated heterocycles. The molecule has 0 spiro atoms. The summed E-state index contributed by atoms with van der Waals surface area (Å²) in [4.78, 5) is 32.9. The quantitative estimate of drug-likeness (QED) is 0.279. The molecule has 184 valence electrons. The summed E-state index contributed by atoms with van der Waals surface area (Å²) in [6.07, 6.45) is 7.41. The summed E-state index contributed by atoms with van der Waals surface area (Å²) in [7, 11) is 1.78. The molecule has 1 N–H and O–H groups in total. The molecule has 1 fully saturated rings. The van der Waals surface area contributed by atoms with Crippen molar-refractivity contribution in [2.45, 2.75) is 32.7 Å². The molecule has 0 radical (unpaired) electrons. The molecule has 5 rings (SSSR count). The van der Waals surface area contributed by atoms with Crippen LogP contribution in [-0.4, -0.2) is 39.2 Å². The maximum absolute atomic E-state index is 13.2. The molecule has 0 saturated carbocycles. The van der Waals surface area contributed by atoms with Gasteiger partial charge in [-0.3, -0.25) is 14.5 Å². The normalized spacial score (nSPS) is 14.1. The van der Waals surface area contributed by atoms with Crippen LogP contribution in [-0.2, 0) is 18.4 Å². The van der Waals surface area contributed by atoms with E-state index < -0.39 is 11.7 Å². The minimum absolute atomic E-state index is 0.369. The van der Waals surface area contributed by atoms with Gasteiger partial charge in [-0.2, -0.15) is 0 Å². The fraction of sp³-hybridized carbons (Fsp3) is 0.276. The SMILES string of the molecule is Cc1cn(C)c(C(=O)C(=O)Nc2ccc(-c3ncc(CN4CCCCC4)o3)cc2)c1-c1ccccc1. The minimum atomic E-state index is -0.680. The minimum Gasteiger partial charge on any atom is -0.440 e. The van der Waals surface area contributed by atoms with E-state index in [9.17, 15) is 9.59 Å². The van der Waals surface area contributed by atoms with Gasteiger partial charge >= 0.3 is 0 Å². The van der Waals surface area contributed by atoms with Crippen LogP contribution in [0, 0.1) is 6.92 Å². The van der Waals surface area contributed by atoms with Gasteiger partial charge in [0.2, 0.25) is 5.89 Å². The Kier molecular flexibility index (Phi) is 6.82. The zero-order chi connectivity index (χ0) is 25.1. The Hall–Kier alpha value is -3.97. The summed E-state index contributed by atoms with van der Waals surface area (Å²) >= 11 is 0. The molecular weight excluding hydrogens is 452 g/mol. The maximum atomic E-state index is 13.2. The van der Waals surface area contributed by atoms with E-state index in [1.54, 1.807) is 29.9 Å². The number of nitrogens with zero attached hydrogens (tertiary/aromatic N) is 3. The van der Waals surface area contributed by atoms with Crippen molar-refractivity contribution in [3.8, 4) is 22.6 Å². The summed E-state index contributed by atoms with van der Waals surface area (Å²) in [5.74, 6) is 0.134. The van der Waals surface area contributed by atoms with Crippen molar-refractivity contribution in [3.63, 3.8) is 0 Å². The number of likely N-dealkylation sites (tertiary alicyclic amines) is 1. The van der Waals surface area contributed by atoms with Crippen molar-refractivity contribution >= 4 is 17.4 Å². The number of carbonyl (C=O) groups is 2. The number of aromatic nitrogens is 2. The number of hydrogen-bond donors (Lipinski definition) is 1. The first-order chi connectivity index (χ1) is 17.5.